The zero-order chi connectivity index (χ0) is 22.4. The molecule has 1 unspecified atom stereocenters. The van der Waals surface area contributed by atoms with E-state index in [0.29, 0.717) is 35.5 Å². The van der Waals surface area contributed by atoms with E-state index in [0.717, 1.165) is 31.1 Å². The molecule has 4 aliphatic carbocycles. The van der Waals surface area contributed by atoms with Crippen molar-refractivity contribution >= 4 is 11.9 Å². The molecule has 9 atom stereocenters. The molecule has 0 aliphatic heterocycles. The number of ether oxygens (including phenoxy) is 2. The predicted molar refractivity (Wildman–Crippen MR) is 121 cm³/mol. The molecule has 0 radical (unpaired) electrons. The summed E-state index contributed by atoms with van der Waals surface area (Å²) in [6.45, 7) is 8.91. The summed E-state index contributed by atoms with van der Waals surface area (Å²) in [5.74, 6) is 3.85. The van der Waals surface area contributed by atoms with Gasteiger partial charge in [0.25, 0.3) is 0 Å². The lowest BCUT2D eigenvalue weighted by molar-refractivity contribution is -0.154. The standard InChI is InChI=1S/C27H42O4/c1-17(6-11-25(29)30-5)22-9-10-23-21-8-7-19-16-20(31-18(2)28)12-14-26(19,3)24(21)13-15-27(22,23)4/h13,15,17,19-24H,6-12,14,16H2,1-5H3/t17-,19?,20-,21+,22-,23+,24+,26+,27-/m1/s1. The molecule has 4 aliphatic rings. The smallest absolute Gasteiger partial charge is 0.305 e. The van der Waals surface area contributed by atoms with E-state index in [4.69, 9.17) is 9.47 Å². The maximum absolute atomic E-state index is 11.7. The van der Waals surface area contributed by atoms with Gasteiger partial charge in [0.15, 0.2) is 0 Å². The minimum atomic E-state index is -0.131. The lowest BCUT2D eigenvalue weighted by atomic mass is 9.46. The van der Waals surface area contributed by atoms with Gasteiger partial charge in [-0.3, -0.25) is 9.59 Å². The van der Waals surface area contributed by atoms with Crippen LogP contribution in [0.3, 0.4) is 0 Å². The van der Waals surface area contributed by atoms with Crippen LogP contribution in [-0.2, 0) is 19.1 Å². The van der Waals surface area contributed by atoms with Crippen LogP contribution in [0, 0.1) is 46.3 Å². The van der Waals surface area contributed by atoms with Gasteiger partial charge in [-0.05, 0) is 97.7 Å². The van der Waals surface area contributed by atoms with Crippen molar-refractivity contribution in [3.05, 3.63) is 12.2 Å². The number of hydrogen-bond donors (Lipinski definition) is 0. The zero-order valence-corrected chi connectivity index (χ0v) is 20.2. The summed E-state index contributed by atoms with van der Waals surface area (Å²) in [6.07, 6.45) is 15.2. The average molecular weight is 431 g/mol. The van der Waals surface area contributed by atoms with E-state index >= 15 is 0 Å². The Kier molecular flexibility index (Phi) is 6.31. The number of carbonyl (C=O) groups is 2. The van der Waals surface area contributed by atoms with E-state index in [2.05, 4.69) is 32.9 Å². The summed E-state index contributed by atoms with van der Waals surface area (Å²) < 4.78 is 10.5. The highest BCUT2D eigenvalue weighted by molar-refractivity contribution is 5.69. The van der Waals surface area contributed by atoms with Crippen LogP contribution in [0.4, 0.5) is 0 Å². The summed E-state index contributed by atoms with van der Waals surface area (Å²) in [6, 6.07) is 0. The minimum Gasteiger partial charge on any atom is -0.469 e. The highest BCUT2D eigenvalue weighted by Gasteiger charge is 2.59. The number of methoxy groups -OCH3 is 1. The molecular weight excluding hydrogens is 388 g/mol. The molecule has 31 heavy (non-hydrogen) atoms. The fraction of sp³-hybridized carbons (Fsp3) is 0.852. The predicted octanol–water partition coefficient (Wildman–Crippen LogP) is 5.94. The van der Waals surface area contributed by atoms with Crippen molar-refractivity contribution in [2.24, 2.45) is 46.3 Å². The molecule has 0 aromatic heterocycles. The Hall–Kier alpha value is -1.32. The van der Waals surface area contributed by atoms with Crippen LogP contribution < -0.4 is 0 Å². The summed E-state index contributed by atoms with van der Waals surface area (Å²) in [5.41, 5.74) is 0.598. The van der Waals surface area contributed by atoms with Crippen molar-refractivity contribution in [2.45, 2.75) is 91.6 Å². The molecule has 4 rings (SSSR count). The first-order valence-electron chi connectivity index (χ1n) is 12.6. The summed E-state index contributed by atoms with van der Waals surface area (Å²) in [4.78, 5) is 23.1. The van der Waals surface area contributed by atoms with Crippen LogP contribution in [-0.4, -0.2) is 25.2 Å². The lowest BCUT2D eigenvalue weighted by Gasteiger charge is -2.59. The third-order valence-electron chi connectivity index (χ3n) is 10.2. The van der Waals surface area contributed by atoms with Crippen molar-refractivity contribution < 1.29 is 19.1 Å². The summed E-state index contributed by atoms with van der Waals surface area (Å²) in [5, 5.41) is 0. The largest absolute Gasteiger partial charge is 0.469 e. The van der Waals surface area contributed by atoms with Crippen LogP contribution in [0.15, 0.2) is 12.2 Å². The number of esters is 2. The Morgan fingerprint density at radius 1 is 1.13 bits per heavy atom. The Balaban J connectivity index is 1.50. The van der Waals surface area contributed by atoms with Gasteiger partial charge in [-0.25, -0.2) is 0 Å². The normalized spacial score (nSPS) is 44.5. The quantitative estimate of drug-likeness (QED) is 0.400. The zero-order valence-electron chi connectivity index (χ0n) is 20.2. The Bertz CT molecular complexity index is 729. The maximum atomic E-state index is 11.7. The third-order valence-corrected chi connectivity index (χ3v) is 10.2. The molecule has 0 N–H and O–H groups in total. The van der Waals surface area contributed by atoms with Gasteiger partial charge in [-0.1, -0.05) is 32.9 Å². The summed E-state index contributed by atoms with van der Waals surface area (Å²) in [7, 11) is 1.49. The Morgan fingerprint density at radius 3 is 2.61 bits per heavy atom. The molecule has 0 spiro atoms. The number of fused-ring (bicyclic) bond motifs is 5. The molecular formula is C27H42O4. The van der Waals surface area contributed by atoms with Crippen molar-refractivity contribution in [3.8, 4) is 0 Å². The first-order chi connectivity index (χ1) is 14.7. The van der Waals surface area contributed by atoms with Crippen LogP contribution in [0.25, 0.3) is 0 Å². The SMILES string of the molecule is COC(=O)CC[C@@H](C)[C@H]1CC[C@H]2[C@@H]3CCC4C[C@H](OC(C)=O)CC[C@]4(C)[C@H]3C=C[C@]12C. The molecule has 0 heterocycles. The van der Waals surface area contributed by atoms with Crippen LogP contribution in [0.1, 0.15) is 85.5 Å². The fourth-order valence-corrected chi connectivity index (χ4v) is 8.52. The van der Waals surface area contributed by atoms with Crippen molar-refractivity contribution in [3.63, 3.8) is 0 Å². The van der Waals surface area contributed by atoms with Gasteiger partial charge in [0.05, 0.1) is 7.11 Å². The van der Waals surface area contributed by atoms with E-state index in [-0.39, 0.29) is 23.5 Å². The first-order valence-corrected chi connectivity index (χ1v) is 12.6. The van der Waals surface area contributed by atoms with Gasteiger partial charge in [0.1, 0.15) is 6.10 Å². The fourth-order valence-electron chi connectivity index (χ4n) is 8.52. The first kappa shape index (κ1) is 22.9. The van der Waals surface area contributed by atoms with Gasteiger partial charge in [-0.2, -0.15) is 0 Å². The number of hydrogen-bond acceptors (Lipinski definition) is 4. The molecule has 0 aromatic rings. The van der Waals surface area contributed by atoms with Gasteiger partial charge in [-0.15, -0.1) is 0 Å². The van der Waals surface area contributed by atoms with E-state index in [1.165, 1.54) is 46.1 Å². The number of allylic oxidation sites excluding steroid dienone is 2. The Morgan fingerprint density at radius 2 is 1.90 bits per heavy atom. The van der Waals surface area contributed by atoms with Crippen molar-refractivity contribution in [2.75, 3.05) is 7.11 Å². The van der Waals surface area contributed by atoms with Crippen molar-refractivity contribution in [1.82, 2.24) is 0 Å². The second kappa shape index (κ2) is 8.56. The van der Waals surface area contributed by atoms with E-state index < -0.39 is 0 Å². The minimum absolute atomic E-state index is 0.0820. The van der Waals surface area contributed by atoms with Crippen LogP contribution in [0.5, 0.6) is 0 Å². The monoisotopic (exact) mass is 430 g/mol. The average Bonchev–Trinajstić information content (AvgIpc) is 3.09. The highest BCUT2D eigenvalue weighted by Crippen LogP contribution is 2.66. The molecule has 4 heteroatoms. The molecule has 3 saturated carbocycles. The molecule has 0 aromatic carbocycles. The molecule has 0 amide bonds. The molecule has 174 valence electrons. The number of carbonyl (C=O) groups excluding carboxylic acids is 2. The van der Waals surface area contributed by atoms with E-state index in [1.54, 1.807) is 0 Å². The molecule has 4 nitrogen and oxygen atoms in total. The van der Waals surface area contributed by atoms with Crippen LogP contribution >= 0.6 is 0 Å². The van der Waals surface area contributed by atoms with E-state index in [9.17, 15) is 9.59 Å². The summed E-state index contributed by atoms with van der Waals surface area (Å²) >= 11 is 0. The van der Waals surface area contributed by atoms with Crippen LogP contribution in [0.2, 0.25) is 0 Å². The van der Waals surface area contributed by atoms with Gasteiger partial charge in [0, 0.05) is 13.3 Å². The maximum Gasteiger partial charge on any atom is 0.305 e. The number of rotatable bonds is 5. The van der Waals surface area contributed by atoms with Gasteiger partial charge >= 0.3 is 11.9 Å². The van der Waals surface area contributed by atoms with Gasteiger partial charge < -0.3 is 9.47 Å². The second-order valence-corrected chi connectivity index (χ2v) is 11.6. The van der Waals surface area contributed by atoms with E-state index in [1.807, 2.05) is 0 Å². The topological polar surface area (TPSA) is 52.6 Å². The molecule has 0 saturated heterocycles. The van der Waals surface area contributed by atoms with Gasteiger partial charge in [0.2, 0.25) is 0 Å². The third kappa shape index (κ3) is 3.97. The van der Waals surface area contributed by atoms with Crippen molar-refractivity contribution in [1.29, 1.82) is 0 Å². The second-order valence-electron chi connectivity index (χ2n) is 11.6. The highest BCUT2D eigenvalue weighted by atomic mass is 16.5. The Labute approximate surface area is 188 Å². The lowest BCUT2D eigenvalue weighted by Crippen LogP contribution is -2.52. The molecule has 0 bridgehead atoms. The molecule has 3 fully saturated rings.